The summed E-state index contributed by atoms with van der Waals surface area (Å²) in [5.74, 6) is 0.984. The molecule has 0 saturated heterocycles. The topological polar surface area (TPSA) is 0 Å². The Labute approximate surface area is 107 Å². The van der Waals surface area contributed by atoms with E-state index in [0.29, 0.717) is 10.0 Å². The molecule has 1 rings (SSSR count). The molecule has 0 radical (unpaired) electrons. The van der Waals surface area contributed by atoms with Crippen molar-refractivity contribution in [1.82, 2.24) is 0 Å². The van der Waals surface area contributed by atoms with Crippen LogP contribution < -0.4 is 0 Å². The van der Waals surface area contributed by atoms with E-state index >= 15 is 0 Å². The van der Waals surface area contributed by atoms with E-state index in [2.05, 4.69) is 12.6 Å². The van der Waals surface area contributed by atoms with Gasteiger partial charge in [0.25, 0.3) is 0 Å². The summed E-state index contributed by atoms with van der Waals surface area (Å²) in [7, 11) is 0. The van der Waals surface area contributed by atoms with Crippen LogP contribution in [0.1, 0.15) is 31.2 Å². The fourth-order valence-corrected chi connectivity index (χ4v) is 2.16. The summed E-state index contributed by atoms with van der Waals surface area (Å²) in [4.78, 5) is 0. The fourth-order valence-electron chi connectivity index (χ4n) is 1.52. The molecule has 0 aliphatic rings. The van der Waals surface area contributed by atoms with Crippen molar-refractivity contribution in [3.05, 3.63) is 33.8 Å². The van der Waals surface area contributed by atoms with Gasteiger partial charge in [-0.05, 0) is 36.6 Å². The first-order chi connectivity index (χ1) is 7.25. The average Bonchev–Trinajstić information content (AvgIpc) is 2.24. The van der Waals surface area contributed by atoms with Crippen LogP contribution in [0.2, 0.25) is 10.0 Å². The highest BCUT2D eigenvalue weighted by Gasteiger charge is 2.03. The third-order valence-corrected chi connectivity index (χ3v) is 3.56. The number of hydrogen-bond acceptors (Lipinski definition) is 1. The number of rotatable bonds is 6. The molecule has 3 heteroatoms. The third kappa shape index (κ3) is 4.67. The van der Waals surface area contributed by atoms with Crippen LogP contribution in [-0.4, -0.2) is 5.75 Å². The van der Waals surface area contributed by atoms with E-state index in [-0.39, 0.29) is 0 Å². The van der Waals surface area contributed by atoms with Gasteiger partial charge in [-0.1, -0.05) is 48.2 Å². The summed E-state index contributed by atoms with van der Waals surface area (Å²) in [6.07, 6.45) is 5.89. The van der Waals surface area contributed by atoms with Crippen molar-refractivity contribution in [3.8, 4) is 0 Å². The molecule has 0 N–H and O–H groups in total. The number of aryl methyl sites for hydroxylation is 1. The van der Waals surface area contributed by atoms with Gasteiger partial charge >= 0.3 is 0 Å². The average molecular weight is 263 g/mol. The summed E-state index contributed by atoms with van der Waals surface area (Å²) in [5, 5.41) is 1.37. The maximum absolute atomic E-state index is 6.09. The molecular weight excluding hydrogens is 247 g/mol. The predicted octanol–water partition coefficient (Wildman–Crippen LogP) is 5.03. The van der Waals surface area contributed by atoms with Gasteiger partial charge in [0, 0.05) is 0 Å². The zero-order chi connectivity index (χ0) is 11.1. The summed E-state index contributed by atoms with van der Waals surface area (Å²) < 4.78 is 0. The Hall–Kier alpha value is 0.150. The van der Waals surface area contributed by atoms with Gasteiger partial charge in [-0.25, -0.2) is 0 Å². The Balaban J connectivity index is 2.34. The second-order valence-electron chi connectivity index (χ2n) is 3.60. The van der Waals surface area contributed by atoms with Crippen LogP contribution in [0.15, 0.2) is 18.2 Å². The lowest BCUT2D eigenvalue weighted by atomic mass is 10.1. The quantitative estimate of drug-likeness (QED) is 0.540. The van der Waals surface area contributed by atoms with Crippen molar-refractivity contribution in [1.29, 1.82) is 0 Å². The molecule has 0 heterocycles. The lowest BCUT2D eigenvalue weighted by molar-refractivity contribution is 0.671. The van der Waals surface area contributed by atoms with Crippen LogP contribution in [0.25, 0.3) is 0 Å². The molecule has 0 atom stereocenters. The second kappa shape index (κ2) is 7.43. The van der Waals surface area contributed by atoms with E-state index in [1.807, 2.05) is 18.2 Å². The number of benzene rings is 1. The van der Waals surface area contributed by atoms with Gasteiger partial charge in [-0.3, -0.25) is 0 Å². The monoisotopic (exact) mass is 262 g/mol. The number of hydrogen-bond donors (Lipinski definition) is 1. The van der Waals surface area contributed by atoms with Crippen LogP contribution in [0.5, 0.6) is 0 Å². The second-order valence-corrected chi connectivity index (χ2v) is 4.83. The molecule has 0 amide bonds. The highest BCUT2D eigenvalue weighted by Crippen LogP contribution is 2.26. The first-order valence-corrected chi connectivity index (χ1v) is 6.68. The molecule has 15 heavy (non-hydrogen) atoms. The van der Waals surface area contributed by atoms with Gasteiger partial charge in [0.1, 0.15) is 0 Å². The standard InChI is InChI=1S/C12H16Cl2S/c13-11-8-5-7-10(12(11)14)6-3-1-2-4-9-15/h5,7-8,15H,1-4,6,9H2. The molecule has 1 aromatic carbocycles. The molecule has 0 aliphatic heterocycles. The van der Waals surface area contributed by atoms with Crippen molar-refractivity contribution in [2.24, 2.45) is 0 Å². The molecule has 0 nitrogen and oxygen atoms in total. The van der Waals surface area contributed by atoms with Crippen molar-refractivity contribution in [3.63, 3.8) is 0 Å². The Morgan fingerprint density at radius 3 is 2.47 bits per heavy atom. The largest absolute Gasteiger partial charge is 0.179 e. The summed E-state index contributed by atoms with van der Waals surface area (Å²) in [5.41, 5.74) is 1.16. The molecule has 0 spiro atoms. The van der Waals surface area contributed by atoms with E-state index < -0.39 is 0 Å². The van der Waals surface area contributed by atoms with Crippen molar-refractivity contribution in [2.45, 2.75) is 32.1 Å². The van der Waals surface area contributed by atoms with Gasteiger partial charge in [0.05, 0.1) is 10.0 Å². The van der Waals surface area contributed by atoms with Crippen LogP contribution in [0.4, 0.5) is 0 Å². The van der Waals surface area contributed by atoms with Crippen molar-refractivity contribution >= 4 is 35.8 Å². The highest BCUT2D eigenvalue weighted by atomic mass is 35.5. The van der Waals surface area contributed by atoms with Crippen LogP contribution in [-0.2, 0) is 6.42 Å². The third-order valence-electron chi connectivity index (χ3n) is 2.39. The Kier molecular flexibility index (Phi) is 6.54. The van der Waals surface area contributed by atoms with E-state index in [9.17, 15) is 0 Å². The minimum absolute atomic E-state index is 0.657. The molecule has 0 aromatic heterocycles. The Bertz CT molecular complexity index is 300. The molecule has 0 unspecified atom stereocenters. The smallest absolute Gasteiger partial charge is 0.0624 e. The van der Waals surface area contributed by atoms with Gasteiger partial charge < -0.3 is 0 Å². The Morgan fingerprint density at radius 2 is 1.73 bits per heavy atom. The zero-order valence-electron chi connectivity index (χ0n) is 8.68. The minimum atomic E-state index is 0.657. The molecule has 0 saturated carbocycles. The molecule has 0 fully saturated rings. The zero-order valence-corrected chi connectivity index (χ0v) is 11.1. The molecule has 0 bridgehead atoms. The predicted molar refractivity (Wildman–Crippen MR) is 72.5 cm³/mol. The van der Waals surface area contributed by atoms with Crippen LogP contribution >= 0.6 is 35.8 Å². The number of thiol groups is 1. The lowest BCUT2D eigenvalue weighted by Crippen LogP contribution is -1.88. The SMILES string of the molecule is SCCCCCCc1cccc(Cl)c1Cl. The first-order valence-electron chi connectivity index (χ1n) is 5.29. The number of halogens is 2. The Morgan fingerprint density at radius 1 is 1.00 bits per heavy atom. The molecule has 1 aromatic rings. The van der Waals surface area contributed by atoms with Gasteiger partial charge in [0.15, 0.2) is 0 Å². The van der Waals surface area contributed by atoms with Crippen molar-refractivity contribution in [2.75, 3.05) is 5.75 Å². The number of unbranched alkanes of at least 4 members (excludes halogenated alkanes) is 3. The summed E-state index contributed by atoms with van der Waals surface area (Å²) >= 11 is 16.2. The highest BCUT2D eigenvalue weighted by molar-refractivity contribution is 7.80. The maximum Gasteiger partial charge on any atom is 0.0624 e. The summed E-state index contributed by atoms with van der Waals surface area (Å²) in [6, 6.07) is 5.83. The maximum atomic E-state index is 6.09. The lowest BCUT2D eigenvalue weighted by Gasteiger charge is -2.05. The molecule has 84 valence electrons. The van der Waals surface area contributed by atoms with Gasteiger partial charge in [0.2, 0.25) is 0 Å². The van der Waals surface area contributed by atoms with E-state index in [0.717, 1.165) is 17.7 Å². The van der Waals surface area contributed by atoms with Crippen LogP contribution in [0, 0.1) is 0 Å². The van der Waals surface area contributed by atoms with E-state index in [4.69, 9.17) is 23.2 Å². The van der Waals surface area contributed by atoms with E-state index in [1.165, 1.54) is 25.7 Å². The normalized spacial score (nSPS) is 10.6. The fraction of sp³-hybridized carbons (Fsp3) is 0.500. The van der Waals surface area contributed by atoms with Crippen LogP contribution in [0.3, 0.4) is 0 Å². The van der Waals surface area contributed by atoms with Crippen molar-refractivity contribution < 1.29 is 0 Å². The first kappa shape index (κ1) is 13.2. The molecular formula is C12H16Cl2S. The van der Waals surface area contributed by atoms with Gasteiger partial charge in [-0.15, -0.1) is 0 Å². The summed E-state index contributed by atoms with van der Waals surface area (Å²) in [6.45, 7) is 0. The molecule has 0 aliphatic carbocycles. The minimum Gasteiger partial charge on any atom is -0.179 e. The van der Waals surface area contributed by atoms with E-state index in [1.54, 1.807) is 0 Å². The van der Waals surface area contributed by atoms with Gasteiger partial charge in [-0.2, -0.15) is 12.6 Å².